The predicted octanol–water partition coefficient (Wildman–Crippen LogP) is 2.92. The molecule has 0 radical (unpaired) electrons. The number of rotatable bonds is 5. The van der Waals surface area contributed by atoms with Crippen molar-refractivity contribution >= 4 is 56.0 Å². The van der Waals surface area contributed by atoms with Crippen molar-refractivity contribution in [1.29, 1.82) is 0 Å². The number of amides is 1. The quantitative estimate of drug-likeness (QED) is 0.618. The Morgan fingerprint density at radius 3 is 2.82 bits per heavy atom. The molecule has 1 aromatic carbocycles. The lowest BCUT2D eigenvalue weighted by Gasteiger charge is -2.28. The van der Waals surface area contributed by atoms with Gasteiger partial charge < -0.3 is 9.88 Å². The average Bonchev–Trinajstić information content (AvgIpc) is 3.23. The number of thioether (sulfide) groups is 1. The highest BCUT2D eigenvalue weighted by molar-refractivity contribution is 7.99. The Morgan fingerprint density at radius 1 is 1.32 bits per heavy atom. The number of imidazole rings is 1. The van der Waals surface area contributed by atoms with E-state index in [0.717, 1.165) is 0 Å². The number of aromatic amines is 1. The van der Waals surface area contributed by atoms with E-state index >= 15 is 0 Å². The molecule has 0 aliphatic carbocycles. The molecule has 0 bridgehead atoms. The van der Waals surface area contributed by atoms with Crippen molar-refractivity contribution in [3.8, 4) is 0 Å². The monoisotopic (exact) mass is 436 g/mol. The summed E-state index contributed by atoms with van der Waals surface area (Å²) in [4.78, 5) is 26.2. The van der Waals surface area contributed by atoms with Crippen LogP contribution < -0.4 is 4.90 Å². The third-order valence-corrected chi connectivity index (χ3v) is 7.31. The number of nitrogens with one attached hydrogen (secondary N) is 1. The molecule has 7 nitrogen and oxygen atoms in total. The second-order valence-corrected chi connectivity index (χ2v) is 10.1. The van der Waals surface area contributed by atoms with E-state index in [4.69, 9.17) is 11.6 Å². The van der Waals surface area contributed by atoms with Crippen LogP contribution >= 0.6 is 23.4 Å². The van der Waals surface area contributed by atoms with Gasteiger partial charge in [0.25, 0.3) is 0 Å². The molecule has 1 N–H and O–H groups in total. The zero-order valence-corrected chi connectivity index (χ0v) is 17.1. The lowest BCUT2D eigenvalue weighted by Crippen LogP contribution is -2.42. The second kappa shape index (κ2) is 7.73. The first-order chi connectivity index (χ1) is 13.4. The number of halogens is 1. The predicted molar refractivity (Wildman–Crippen MR) is 111 cm³/mol. The van der Waals surface area contributed by atoms with E-state index in [1.807, 2.05) is 30.3 Å². The maximum atomic E-state index is 13.0. The van der Waals surface area contributed by atoms with Crippen LogP contribution in [0.3, 0.4) is 0 Å². The van der Waals surface area contributed by atoms with Gasteiger partial charge in [0.15, 0.2) is 20.6 Å². The van der Waals surface area contributed by atoms with Crippen LogP contribution in [-0.2, 0) is 14.6 Å². The molecule has 0 saturated carbocycles. The van der Waals surface area contributed by atoms with Gasteiger partial charge in [-0.2, -0.15) is 0 Å². The molecule has 146 valence electrons. The molecule has 0 spiro atoms. The normalized spacial score (nSPS) is 18.4. The topological polar surface area (TPSA) is 96.0 Å². The lowest BCUT2D eigenvalue weighted by atomic mass is 10.2. The summed E-state index contributed by atoms with van der Waals surface area (Å²) in [6.07, 6.45) is 1.96. The number of carbonyl (C=O) groups excluding carboxylic acids is 1. The molecule has 3 heterocycles. The number of hydrogen-bond donors (Lipinski definition) is 1. The average molecular weight is 437 g/mol. The second-order valence-electron chi connectivity index (χ2n) is 6.51. The third kappa shape index (κ3) is 4.16. The van der Waals surface area contributed by atoms with E-state index < -0.39 is 9.84 Å². The van der Waals surface area contributed by atoms with Crippen LogP contribution in [0, 0.1) is 0 Å². The molecular formula is C18H17ClN4O3S2. The SMILES string of the molecule is O=C(CSc1nc2ncc(Cl)cc2[nH]1)N(c1ccccc1)[C@@H]1CCS(=O)(=O)C1. The fourth-order valence-electron chi connectivity index (χ4n) is 3.25. The number of hydrogen-bond acceptors (Lipinski definition) is 6. The van der Waals surface area contributed by atoms with E-state index in [1.54, 1.807) is 11.0 Å². The van der Waals surface area contributed by atoms with E-state index in [0.29, 0.717) is 33.5 Å². The Kier molecular flexibility index (Phi) is 5.31. The highest BCUT2D eigenvalue weighted by Crippen LogP contribution is 2.27. The largest absolute Gasteiger partial charge is 0.331 e. The summed E-state index contributed by atoms with van der Waals surface area (Å²) in [6.45, 7) is 0. The van der Waals surface area contributed by atoms with Crippen LogP contribution in [0.15, 0.2) is 47.8 Å². The van der Waals surface area contributed by atoms with Crippen molar-refractivity contribution in [2.45, 2.75) is 17.6 Å². The molecule has 1 fully saturated rings. The number of carbonyl (C=O) groups is 1. The van der Waals surface area contributed by atoms with Gasteiger partial charge in [-0.15, -0.1) is 0 Å². The van der Waals surface area contributed by atoms with Crippen molar-refractivity contribution in [3.05, 3.63) is 47.6 Å². The minimum absolute atomic E-state index is 0.00857. The zero-order chi connectivity index (χ0) is 19.7. The van der Waals surface area contributed by atoms with Crippen molar-refractivity contribution in [2.75, 3.05) is 22.2 Å². The van der Waals surface area contributed by atoms with E-state index in [1.165, 1.54) is 18.0 Å². The third-order valence-electron chi connectivity index (χ3n) is 4.49. The number of nitrogens with zero attached hydrogens (tertiary/aromatic N) is 3. The van der Waals surface area contributed by atoms with E-state index in [2.05, 4.69) is 15.0 Å². The van der Waals surface area contributed by atoms with Crippen LogP contribution in [0.5, 0.6) is 0 Å². The number of anilines is 1. The fourth-order valence-corrected chi connectivity index (χ4v) is 5.84. The number of benzene rings is 1. The van der Waals surface area contributed by atoms with E-state index in [-0.39, 0.29) is 29.2 Å². The first kappa shape index (κ1) is 19.2. The molecule has 0 unspecified atom stereocenters. The van der Waals surface area contributed by atoms with Gasteiger partial charge in [0, 0.05) is 11.9 Å². The molecule has 1 saturated heterocycles. The molecule has 10 heteroatoms. The Morgan fingerprint density at radius 2 is 2.11 bits per heavy atom. The molecular weight excluding hydrogens is 420 g/mol. The Hall–Kier alpha value is -2.10. The van der Waals surface area contributed by atoms with Gasteiger partial charge in [-0.1, -0.05) is 41.6 Å². The molecule has 4 rings (SSSR count). The van der Waals surface area contributed by atoms with Crippen LogP contribution in [0.1, 0.15) is 6.42 Å². The summed E-state index contributed by atoms with van der Waals surface area (Å²) in [5, 5.41) is 1.06. The van der Waals surface area contributed by atoms with Crippen LogP contribution in [0.4, 0.5) is 5.69 Å². The summed E-state index contributed by atoms with van der Waals surface area (Å²) in [5.41, 5.74) is 1.93. The summed E-state index contributed by atoms with van der Waals surface area (Å²) < 4.78 is 23.9. The number of sulfone groups is 1. The Bertz CT molecular complexity index is 1120. The van der Waals surface area contributed by atoms with Crippen LogP contribution in [0.25, 0.3) is 11.2 Å². The number of fused-ring (bicyclic) bond motifs is 1. The summed E-state index contributed by atoms with van der Waals surface area (Å²) in [7, 11) is -3.11. The molecule has 3 aromatic rings. The van der Waals surface area contributed by atoms with Crippen molar-refractivity contribution in [1.82, 2.24) is 15.0 Å². The summed E-state index contributed by atoms with van der Waals surface area (Å²) in [6, 6.07) is 10.5. The van der Waals surface area contributed by atoms with Gasteiger partial charge in [-0.05, 0) is 24.6 Å². The maximum absolute atomic E-state index is 13.0. The number of para-hydroxylation sites is 1. The first-order valence-corrected chi connectivity index (χ1v) is 11.8. The van der Waals surface area contributed by atoms with Crippen LogP contribution in [0.2, 0.25) is 5.02 Å². The molecule has 1 atom stereocenters. The minimum atomic E-state index is -3.11. The van der Waals surface area contributed by atoms with Crippen molar-refractivity contribution < 1.29 is 13.2 Å². The van der Waals surface area contributed by atoms with Crippen molar-refractivity contribution in [2.24, 2.45) is 0 Å². The van der Waals surface area contributed by atoms with Gasteiger partial charge in [-0.3, -0.25) is 4.79 Å². The standard InChI is InChI=1S/C18H17ClN4O3S2/c19-12-8-15-17(20-9-12)22-18(21-15)27-10-16(24)23(13-4-2-1-3-5-13)14-6-7-28(25,26)11-14/h1-5,8-9,14H,6-7,10-11H2,(H,20,21,22)/t14-/m1/s1. The van der Waals surface area contributed by atoms with Crippen molar-refractivity contribution in [3.63, 3.8) is 0 Å². The lowest BCUT2D eigenvalue weighted by molar-refractivity contribution is -0.116. The minimum Gasteiger partial charge on any atom is -0.331 e. The molecule has 2 aromatic heterocycles. The Balaban J connectivity index is 1.53. The van der Waals surface area contributed by atoms with Gasteiger partial charge in [0.1, 0.15) is 0 Å². The first-order valence-electron chi connectivity index (χ1n) is 8.63. The smallest absolute Gasteiger partial charge is 0.237 e. The summed E-state index contributed by atoms with van der Waals surface area (Å²) >= 11 is 7.19. The molecule has 1 aliphatic rings. The highest BCUT2D eigenvalue weighted by atomic mass is 35.5. The number of H-pyrrole nitrogens is 1. The van der Waals surface area contributed by atoms with Gasteiger partial charge >= 0.3 is 0 Å². The van der Waals surface area contributed by atoms with Crippen LogP contribution in [-0.4, -0.2) is 52.6 Å². The van der Waals surface area contributed by atoms with Gasteiger partial charge in [0.2, 0.25) is 5.91 Å². The molecule has 1 aliphatic heterocycles. The number of pyridine rings is 1. The maximum Gasteiger partial charge on any atom is 0.237 e. The summed E-state index contributed by atoms with van der Waals surface area (Å²) in [5.74, 6) is 0.0617. The number of aromatic nitrogens is 3. The molecule has 28 heavy (non-hydrogen) atoms. The molecule has 1 amide bonds. The fraction of sp³-hybridized carbons (Fsp3) is 0.278. The zero-order valence-electron chi connectivity index (χ0n) is 14.7. The highest BCUT2D eigenvalue weighted by Gasteiger charge is 2.35. The van der Waals surface area contributed by atoms with Gasteiger partial charge in [-0.25, -0.2) is 18.4 Å². The van der Waals surface area contributed by atoms with E-state index in [9.17, 15) is 13.2 Å². The van der Waals surface area contributed by atoms with Gasteiger partial charge in [0.05, 0.1) is 33.8 Å². The Labute approximate surface area is 171 Å².